The largest absolute Gasteiger partial charge is 0.263 e. The van der Waals surface area contributed by atoms with E-state index in [1.54, 1.807) is 10.5 Å². The molecule has 0 N–H and O–H groups in total. The van der Waals surface area contributed by atoms with E-state index in [0.717, 1.165) is 17.3 Å². The topological polar surface area (TPSA) is 50.3 Å². The molecule has 17 heavy (non-hydrogen) atoms. The number of nitrogens with zero attached hydrogens (tertiary/aromatic N) is 2. The third-order valence-corrected chi connectivity index (χ3v) is 4.86. The SMILES string of the molecule is CS(=O)(=O)N1CCC(c2cncc(Br)c2)CC1. The van der Waals surface area contributed by atoms with Gasteiger partial charge >= 0.3 is 0 Å². The Morgan fingerprint density at radius 3 is 2.53 bits per heavy atom. The van der Waals surface area contributed by atoms with Gasteiger partial charge in [-0.3, -0.25) is 4.98 Å². The molecule has 0 radical (unpaired) electrons. The van der Waals surface area contributed by atoms with Gasteiger partial charge in [-0.2, -0.15) is 0 Å². The minimum atomic E-state index is -3.03. The van der Waals surface area contributed by atoms with Crippen molar-refractivity contribution in [1.82, 2.24) is 9.29 Å². The molecule has 0 spiro atoms. The summed E-state index contributed by atoms with van der Waals surface area (Å²) in [4.78, 5) is 4.15. The van der Waals surface area contributed by atoms with E-state index in [2.05, 4.69) is 27.0 Å². The smallest absolute Gasteiger partial charge is 0.211 e. The fraction of sp³-hybridized carbons (Fsp3) is 0.545. The Balaban J connectivity index is 2.05. The molecule has 1 saturated heterocycles. The van der Waals surface area contributed by atoms with Crippen LogP contribution < -0.4 is 0 Å². The van der Waals surface area contributed by atoms with Crippen LogP contribution in [-0.4, -0.2) is 37.1 Å². The first kappa shape index (κ1) is 13.0. The van der Waals surface area contributed by atoms with Crippen molar-refractivity contribution in [2.45, 2.75) is 18.8 Å². The van der Waals surface area contributed by atoms with Gasteiger partial charge in [-0.1, -0.05) is 0 Å². The lowest BCUT2D eigenvalue weighted by Crippen LogP contribution is -2.37. The first-order chi connectivity index (χ1) is 7.97. The maximum Gasteiger partial charge on any atom is 0.211 e. The summed E-state index contributed by atoms with van der Waals surface area (Å²) in [7, 11) is -3.03. The third-order valence-electron chi connectivity index (χ3n) is 3.12. The Kier molecular flexibility index (Phi) is 3.85. The molecule has 6 heteroatoms. The number of hydrogen-bond donors (Lipinski definition) is 0. The van der Waals surface area contributed by atoms with Crippen LogP contribution in [0.5, 0.6) is 0 Å². The maximum absolute atomic E-state index is 11.4. The van der Waals surface area contributed by atoms with E-state index >= 15 is 0 Å². The zero-order chi connectivity index (χ0) is 12.5. The summed E-state index contributed by atoms with van der Waals surface area (Å²) in [6.07, 6.45) is 6.63. The van der Waals surface area contributed by atoms with Gasteiger partial charge in [0.1, 0.15) is 0 Å². The van der Waals surface area contributed by atoms with Crippen molar-refractivity contribution in [3.8, 4) is 0 Å². The van der Waals surface area contributed by atoms with Crippen molar-refractivity contribution >= 4 is 26.0 Å². The van der Waals surface area contributed by atoms with Crippen molar-refractivity contribution in [3.05, 3.63) is 28.5 Å². The first-order valence-electron chi connectivity index (χ1n) is 5.52. The van der Waals surface area contributed by atoms with Crippen molar-refractivity contribution in [1.29, 1.82) is 0 Å². The zero-order valence-corrected chi connectivity index (χ0v) is 12.0. The monoisotopic (exact) mass is 318 g/mol. The zero-order valence-electron chi connectivity index (χ0n) is 9.63. The van der Waals surface area contributed by atoms with E-state index in [0.29, 0.717) is 19.0 Å². The third kappa shape index (κ3) is 3.26. The molecule has 2 rings (SSSR count). The van der Waals surface area contributed by atoms with Gasteiger partial charge in [0, 0.05) is 30.0 Å². The lowest BCUT2D eigenvalue weighted by Gasteiger charge is -2.30. The number of aromatic nitrogens is 1. The number of sulfonamides is 1. The predicted octanol–water partition coefficient (Wildman–Crippen LogP) is 1.98. The van der Waals surface area contributed by atoms with Gasteiger partial charge in [-0.15, -0.1) is 0 Å². The molecule has 0 amide bonds. The number of pyridine rings is 1. The normalized spacial score (nSPS) is 19.4. The molecule has 94 valence electrons. The highest BCUT2D eigenvalue weighted by molar-refractivity contribution is 9.10. The summed E-state index contributed by atoms with van der Waals surface area (Å²) in [5.74, 6) is 0.415. The highest BCUT2D eigenvalue weighted by atomic mass is 79.9. The average molecular weight is 319 g/mol. The summed E-state index contributed by atoms with van der Waals surface area (Å²) in [6, 6.07) is 2.06. The summed E-state index contributed by atoms with van der Waals surface area (Å²) in [5, 5.41) is 0. The standard InChI is InChI=1S/C11H15BrN2O2S/c1-17(15,16)14-4-2-9(3-5-14)10-6-11(12)8-13-7-10/h6-9H,2-5H2,1H3. The minimum absolute atomic E-state index is 0.415. The molecule has 0 saturated carbocycles. The Hall–Kier alpha value is -0.460. The van der Waals surface area contributed by atoms with E-state index < -0.39 is 10.0 Å². The van der Waals surface area contributed by atoms with E-state index in [1.807, 2.05) is 6.20 Å². The van der Waals surface area contributed by atoms with E-state index in [1.165, 1.54) is 11.8 Å². The van der Waals surface area contributed by atoms with E-state index in [-0.39, 0.29) is 0 Å². The van der Waals surface area contributed by atoms with Crippen LogP contribution in [0.15, 0.2) is 22.9 Å². The van der Waals surface area contributed by atoms with Crippen molar-refractivity contribution in [2.75, 3.05) is 19.3 Å². The summed E-state index contributed by atoms with van der Waals surface area (Å²) in [5.41, 5.74) is 1.19. The molecule has 1 aliphatic rings. The number of piperidine rings is 1. The number of rotatable bonds is 2. The van der Waals surface area contributed by atoms with Gasteiger partial charge < -0.3 is 0 Å². The average Bonchev–Trinajstić information content (AvgIpc) is 2.28. The first-order valence-corrected chi connectivity index (χ1v) is 8.16. The molecule has 2 heterocycles. The molecule has 1 aromatic heterocycles. The van der Waals surface area contributed by atoms with E-state index in [4.69, 9.17) is 0 Å². The van der Waals surface area contributed by atoms with Gasteiger partial charge in [0.2, 0.25) is 10.0 Å². The molecule has 1 fully saturated rings. The van der Waals surface area contributed by atoms with Gasteiger partial charge in [-0.25, -0.2) is 12.7 Å². The second-order valence-corrected chi connectivity index (χ2v) is 7.27. The molecule has 4 nitrogen and oxygen atoms in total. The summed E-state index contributed by atoms with van der Waals surface area (Å²) >= 11 is 3.40. The van der Waals surface area contributed by atoms with Crippen molar-refractivity contribution in [3.63, 3.8) is 0 Å². The summed E-state index contributed by atoms with van der Waals surface area (Å²) < 4.78 is 25.3. The van der Waals surface area contributed by atoms with Gasteiger partial charge in [0.05, 0.1) is 6.26 Å². The molecule has 1 aromatic rings. The highest BCUT2D eigenvalue weighted by Crippen LogP contribution is 2.29. The highest BCUT2D eigenvalue weighted by Gasteiger charge is 2.25. The van der Waals surface area contributed by atoms with Gasteiger partial charge in [0.15, 0.2) is 0 Å². The van der Waals surface area contributed by atoms with Crippen LogP contribution >= 0.6 is 15.9 Å². The lowest BCUT2D eigenvalue weighted by atomic mass is 9.91. The minimum Gasteiger partial charge on any atom is -0.263 e. The fourth-order valence-electron chi connectivity index (χ4n) is 2.17. The lowest BCUT2D eigenvalue weighted by molar-refractivity contribution is 0.321. The Bertz CT molecular complexity index is 496. The number of halogens is 1. The second kappa shape index (κ2) is 5.04. The Labute approximate surface area is 110 Å². The molecule has 0 unspecified atom stereocenters. The molecule has 0 aliphatic carbocycles. The van der Waals surface area contributed by atoms with Crippen molar-refractivity contribution in [2.24, 2.45) is 0 Å². The summed E-state index contributed by atoms with van der Waals surface area (Å²) in [6.45, 7) is 1.21. The van der Waals surface area contributed by atoms with Crippen LogP contribution in [-0.2, 0) is 10.0 Å². The molecule has 0 bridgehead atoms. The molecule has 0 atom stereocenters. The fourth-order valence-corrected chi connectivity index (χ4v) is 3.43. The van der Waals surface area contributed by atoms with Gasteiger partial charge in [0.25, 0.3) is 0 Å². The van der Waals surface area contributed by atoms with Crippen LogP contribution in [0.3, 0.4) is 0 Å². The van der Waals surface area contributed by atoms with Crippen molar-refractivity contribution < 1.29 is 8.42 Å². The van der Waals surface area contributed by atoms with Crippen LogP contribution in [0, 0.1) is 0 Å². The molecular formula is C11H15BrN2O2S. The van der Waals surface area contributed by atoms with Crippen LogP contribution in [0.25, 0.3) is 0 Å². The van der Waals surface area contributed by atoms with Crippen LogP contribution in [0.1, 0.15) is 24.3 Å². The Morgan fingerprint density at radius 1 is 1.35 bits per heavy atom. The Morgan fingerprint density at radius 2 is 2.00 bits per heavy atom. The number of hydrogen-bond acceptors (Lipinski definition) is 3. The second-order valence-electron chi connectivity index (χ2n) is 4.37. The molecule has 0 aromatic carbocycles. The molecular weight excluding hydrogens is 304 g/mol. The quantitative estimate of drug-likeness (QED) is 0.837. The van der Waals surface area contributed by atoms with Gasteiger partial charge in [-0.05, 0) is 46.3 Å². The predicted molar refractivity (Wildman–Crippen MR) is 70.3 cm³/mol. The maximum atomic E-state index is 11.4. The molecule has 1 aliphatic heterocycles. The van der Waals surface area contributed by atoms with E-state index in [9.17, 15) is 8.42 Å². The van der Waals surface area contributed by atoms with Crippen LogP contribution in [0.2, 0.25) is 0 Å². The van der Waals surface area contributed by atoms with Crippen LogP contribution in [0.4, 0.5) is 0 Å².